The predicted molar refractivity (Wildman–Crippen MR) is 84.2 cm³/mol. The average molecular weight is 322 g/mol. The molecule has 2 amide bonds. The first-order valence-corrected chi connectivity index (χ1v) is 7.69. The van der Waals surface area contributed by atoms with Crippen molar-refractivity contribution in [2.75, 3.05) is 11.9 Å². The summed E-state index contributed by atoms with van der Waals surface area (Å²) < 4.78 is 5.00. The van der Waals surface area contributed by atoms with E-state index in [9.17, 15) is 9.59 Å². The smallest absolute Gasteiger partial charge is 0.291 e. The molecule has 2 rings (SSSR count). The van der Waals surface area contributed by atoms with E-state index < -0.39 is 0 Å². The summed E-state index contributed by atoms with van der Waals surface area (Å²) >= 11 is 1.18. The van der Waals surface area contributed by atoms with Gasteiger partial charge in [0.15, 0.2) is 5.76 Å². The molecule has 118 valence electrons. The van der Waals surface area contributed by atoms with E-state index in [0.29, 0.717) is 9.88 Å². The Hall–Kier alpha value is -2.12. The number of hydrogen-bond acceptors (Lipinski definition) is 5. The van der Waals surface area contributed by atoms with Gasteiger partial charge in [-0.25, -0.2) is 0 Å². The minimum Gasteiger partial charge on any atom is -0.459 e. The fraction of sp³-hybridized carbons (Fsp3) is 0.333. The Kier molecular flexibility index (Phi) is 5.35. The zero-order valence-electron chi connectivity index (χ0n) is 12.3. The predicted octanol–water partition coefficient (Wildman–Crippen LogP) is 2.34. The third kappa shape index (κ3) is 3.96. The molecule has 6 nitrogen and oxygen atoms in total. The summed E-state index contributed by atoms with van der Waals surface area (Å²) in [7, 11) is 0. The monoisotopic (exact) mass is 322 g/mol. The summed E-state index contributed by atoms with van der Waals surface area (Å²) in [5.41, 5.74) is 0. The van der Waals surface area contributed by atoms with E-state index in [-0.39, 0.29) is 36.1 Å². The van der Waals surface area contributed by atoms with Crippen molar-refractivity contribution >= 4 is 28.2 Å². The van der Waals surface area contributed by atoms with E-state index in [1.165, 1.54) is 17.6 Å². The van der Waals surface area contributed by atoms with Gasteiger partial charge in [-0.3, -0.25) is 9.59 Å². The lowest BCUT2D eigenvalue weighted by Gasteiger charge is -2.18. The fourth-order valence-electron chi connectivity index (χ4n) is 1.69. The fourth-order valence-corrected chi connectivity index (χ4v) is 2.49. The molecule has 2 heterocycles. The molecule has 2 aromatic rings. The number of rotatable bonds is 6. The molecule has 0 saturated heterocycles. The van der Waals surface area contributed by atoms with Crippen molar-refractivity contribution in [1.29, 1.82) is 0 Å². The van der Waals surface area contributed by atoms with E-state index >= 15 is 0 Å². The second kappa shape index (κ2) is 7.24. The van der Waals surface area contributed by atoms with Crippen molar-refractivity contribution in [3.05, 3.63) is 41.2 Å². The first-order chi connectivity index (χ1) is 10.5. The van der Waals surface area contributed by atoms with Gasteiger partial charge in [0.1, 0.15) is 0 Å². The van der Waals surface area contributed by atoms with Crippen LogP contribution in [-0.4, -0.2) is 29.6 Å². The highest BCUT2D eigenvalue weighted by Gasteiger charge is 2.17. The third-order valence-corrected chi connectivity index (χ3v) is 4.31. The van der Waals surface area contributed by atoms with Crippen LogP contribution in [0.15, 0.2) is 34.9 Å². The summed E-state index contributed by atoms with van der Waals surface area (Å²) in [6.45, 7) is 3.71. The zero-order chi connectivity index (χ0) is 16.1. The van der Waals surface area contributed by atoms with E-state index in [1.54, 1.807) is 24.3 Å². The molecule has 0 aliphatic heterocycles. The van der Waals surface area contributed by atoms with E-state index in [0.717, 1.165) is 0 Å². The molecule has 0 bridgehead atoms. The van der Waals surface area contributed by atoms with Crippen LogP contribution in [-0.2, 0) is 0 Å². The summed E-state index contributed by atoms with van der Waals surface area (Å²) in [6, 6.07) is 6.37. The van der Waals surface area contributed by atoms with Gasteiger partial charge in [-0.15, -0.1) is 11.3 Å². The van der Waals surface area contributed by atoms with Gasteiger partial charge in [0.2, 0.25) is 0 Å². The number of amides is 2. The normalized spacial score (nSPS) is 13.4. The van der Waals surface area contributed by atoms with Crippen molar-refractivity contribution in [2.24, 2.45) is 5.92 Å². The van der Waals surface area contributed by atoms with Crippen LogP contribution in [0.1, 0.15) is 34.1 Å². The topological polar surface area (TPSA) is 91.6 Å². The number of nitrogens with one attached hydrogen (secondary N) is 2. The maximum atomic E-state index is 12.1. The summed E-state index contributed by atoms with van der Waals surface area (Å²) in [6.07, 6.45) is 1.42. The standard InChI is InChI=1S/C15H18N2O4S/c1-9(8-18)10(2)16-15(20)12-5-6-13(22-12)17-14(19)11-4-3-7-21-11/h3-7,9-10,18H,8H2,1-2H3,(H,16,20)(H,17,19). The van der Waals surface area contributed by atoms with Gasteiger partial charge >= 0.3 is 0 Å². The van der Waals surface area contributed by atoms with Crippen LogP contribution in [0.3, 0.4) is 0 Å². The second-order valence-corrected chi connectivity index (χ2v) is 6.10. The van der Waals surface area contributed by atoms with E-state index in [1.807, 2.05) is 13.8 Å². The molecule has 0 aliphatic rings. The molecule has 7 heteroatoms. The number of anilines is 1. The van der Waals surface area contributed by atoms with Crippen LogP contribution in [0.2, 0.25) is 0 Å². The number of aliphatic hydroxyl groups is 1. The van der Waals surface area contributed by atoms with Crippen LogP contribution in [0.4, 0.5) is 5.00 Å². The zero-order valence-corrected chi connectivity index (χ0v) is 13.1. The molecule has 0 aromatic carbocycles. The van der Waals surface area contributed by atoms with Gasteiger partial charge in [-0.2, -0.15) is 0 Å². The molecule has 0 fully saturated rings. The first-order valence-electron chi connectivity index (χ1n) is 6.87. The van der Waals surface area contributed by atoms with E-state index in [4.69, 9.17) is 9.52 Å². The highest BCUT2D eigenvalue weighted by atomic mass is 32.1. The molecule has 2 aromatic heterocycles. The van der Waals surface area contributed by atoms with Crippen molar-refractivity contribution in [1.82, 2.24) is 5.32 Å². The summed E-state index contributed by atoms with van der Waals surface area (Å²) in [5, 5.41) is 15.1. The Morgan fingerprint density at radius 1 is 1.27 bits per heavy atom. The number of thiophene rings is 1. The molecular formula is C15H18N2O4S. The van der Waals surface area contributed by atoms with Gasteiger partial charge in [0.05, 0.1) is 16.1 Å². The van der Waals surface area contributed by atoms with E-state index in [2.05, 4.69) is 10.6 Å². The lowest BCUT2D eigenvalue weighted by atomic mass is 10.1. The van der Waals surface area contributed by atoms with Crippen molar-refractivity contribution in [3.63, 3.8) is 0 Å². The van der Waals surface area contributed by atoms with Gasteiger partial charge < -0.3 is 20.2 Å². The Morgan fingerprint density at radius 3 is 2.68 bits per heavy atom. The van der Waals surface area contributed by atoms with Crippen molar-refractivity contribution in [2.45, 2.75) is 19.9 Å². The van der Waals surface area contributed by atoms with Crippen molar-refractivity contribution in [3.8, 4) is 0 Å². The SMILES string of the molecule is CC(CO)C(C)NC(=O)c1ccc(NC(=O)c2ccco2)s1. The van der Waals surface area contributed by atoms with Crippen molar-refractivity contribution < 1.29 is 19.1 Å². The average Bonchev–Trinajstić information content (AvgIpc) is 3.17. The maximum Gasteiger partial charge on any atom is 0.291 e. The Bertz CT molecular complexity index is 636. The minimum absolute atomic E-state index is 0.0103. The largest absolute Gasteiger partial charge is 0.459 e. The summed E-state index contributed by atoms with van der Waals surface area (Å²) in [5.74, 6) is -0.399. The van der Waals surface area contributed by atoms with Gasteiger partial charge in [0, 0.05) is 12.6 Å². The van der Waals surface area contributed by atoms with Crippen LogP contribution in [0, 0.1) is 5.92 Å². The van der Waals surface area contributed by atoms with Crippen LogP contribution >= 0.6 is 11.3 Å². The molecular weight excluding hydrogens is 304 g/mol. The van der Waals surface area contributed by atoms with Crippen LogP contribution < -0.4 is 10.6 Å². The molecule has 22 heavy (non-hydrogen) atoms. The Labute approximate surface area is 132 Å². The molecule has 0 spiro atoms. The van der Waals surface area contributed by atoms with Crippen LogP contribution in [0.25, 0.3) is 0 Å². The molecule has 3 N–H and O–H groups in total. The highest BCUT2D eigenvalue weighted by molar-refractivity contribution is 7.18. The number of aliphatic hydroxyl groups excluding tert-OH is 1. The highest BCUT2D eigenvalue weighted by Crippen LogP contribution is 2.23. The number of carbonyl (C=O) groups is 2. The van der Waals surface area contributed by atoms with Gasteiger partial charge in [-0.05, 0) is 37.1 Å². The molecule has 2 unspecified atom stereocenters. The Morgan fingerprint density at radius 2 is 2.05 bits per heavy atom. The molecule has 0 aliphatic carbocycles. The minimum atomic E-state index is -0.360. The third-order valence-electron chi connectivity index (χ3n) is 3.31. The quantitative estimate of drug-likeness (QED) is 0.761. The summed E-state index contributed by atoms with van der Waals surface area (Å²) in [4.78, 5) is 24.4. The lowest BCUT2D eigenvalue weighted by Crippen LogP contribution is -2.37. The first kappa shape index (κ1) is 16.3. The number of carbonyl (C=O) groups excluding carboxylic acids is 2. The lowest BCUT2D eigenvalue weighted by molar-refractivity contribution is 0.0919. The van der Waals surface area contributed by atoms with Crippen LogP contribution in [0.5, 0.6) is 0 Å². The van der Waals surface area contributed by atoms with Gasteiger partial charge in [0.25, 0.3) is 11.8 Å². The Balaban J connectivity index is 1.96. The second-order valence-electron chi connectivity index (χ2n) is 5.02. The molecule has 0 radical (unpaired) electrons. The van der Waals surface area contributed by atoms with Gasteiger partial charge in [-0.1, -0.05) is 6.92 Å². The maximum absolute atomic E-state index is 12.1. The molecule has 2 atom stereocenters. The molecule has 0 saturated carbocycles. The number of furan rings is 1. The number of hydrogen-bond donors (Lipinski definition) is 3.